The molecule has 1 N–H and O–H groups in total. The van der Waals surface area contributed by atoms with Gasteiger partial charge in [-0.3, -0.25) is 4.57 Å². The molecular formula is C15H19ClN4O3. The van der Waals surface area contributed by atoms with E-state index in [1.807, 2.05) is 11.8 Å². The van der Waals surface area contributed by atoms with Gasteiger partial charge in [0.2, 0.25) is 0 Å². The predicted octanol–water partition coefficient (Wildman–Crippen LogP) is 0.958. The zero-order valence-electron chi connectivity index (χ0n) is 13.1. The summed E-state index contributed by atoms with van der Waals surface area (Å²) in [6.45, 7) is 3.44. The molecule has 0 spiro atoms. The van der Waals surface area contributed by atoms with Crippen molar-refractivity contribution in [3.05, 3.63) is 27.8 Å². The Morgan fingerprint density at radius 2 is 2.22 bits per heavy atom. The van der Waals surface area contributed by atoms with Crippen LogP contribution < -0.4 is 10.6 Å². The zero-order chi connectivity index (χ0) is 16.6. The third-order valence-corrected chi connectivity index (χ3v) is 4.32. The van der Waals surface area contributed by atoms with Crippen molar-refractivity contribution in [3.8, 4) is 0 Å². The smallest absolute Gasteiger partial charge is 0.349 e. The second-order valence-corrected chi connectivity index (χ2v) is 5.96. The van der Waals surface area contributed by atoms with Crippen LogP contribution in [0.3, 0.4) is 0 Å². The van der Waals surface area contributed by atoms with Gasteiger partial charge in [-0.25, -0.2) is 9.78 Å². The van der Waals surface area contributed by atoms with E-state index in [0.717, 1.165) is 0 Å². The van der Waals surface area contributed by atoms with Crippen LogP contribution in [-0.4, -0.2) is 51.5 Å². The lowest BCUT2D eigenvalue weighted by Crippen LogP contribution is -2.49. The Bertz CT molecular complexity index is 779. The van der Waals surface area contributed by atoms with E-state index in [1.54, 1.807) is 19.2 Å². The predicted molar refractivity (Wildman–Crippen MR) is 88.0 cm³/mol. The maximum absolute atomic E-state index is 12.1. The number of hydrogen-bond acceptors (Lipinski definition) is 6. The molecule has 0 bridgehead atoms. The fourth-order valence-corrected chi connectivity index (χ4v) is 3.03. The van der Waals surface area contributed by atoms with E-state index in [9.17, 15) is 9.90 Å². The van der Waals surface area contributed by atoms with Gasteiger partial charge in [0.15, 0.2) is 5.82 Å². The Balaban J connectivity index is 2.07. The highest BCUT2D eigenvalue weighted by molar-refractivity contribution is 6.29. The molecule has 1 fully saturated rings. The number of aromatic nitrogens is 3. The third kappa shape index (κ3) is 3.04. The summed E-state index contributed by atoms with van der Waals surface area (Å²) in [4.78, 5) is 22.6. The molecule has 0 radical (unpaired) electrons. The van der Waals surface area contributed by atoms with Crippen molar-refractivity contribution >= 4 is 28.5 Å². The summed E-state index contributed by atoms with van der Waals surface area (Å²) < 4.78 is 7.03. The molecule has 7 nitrogen and oxygen atoms in total. The Morgan fingerprint density at radius 3 is 2.96 bits per heavy atom. The first-order chi connectivity index (χ1) is 11.0. The number of aliphatic hydroxyl groups excluding tert-OH is 1. The van der Waals surface area contributed by atoms with Gasteiger partial charge >= 0.3 is 5.69 Å². The first-order valence-electron chi connectivity index (χ1n) is 7.59. The van der Waals surface area contributed by atoms with Gasteiger partial charge in [-0.05, 0) is 25.5 Å². The lowest BCUT2D eigenvalue weighted by atomic mass is 10.0. The van der Waals surface area contributed by atoms with Crippen LogP contribution in [0.5, 0.6) is 0 Å². The summed E-state index contributed by atoms with van der Waals surface area (Å²) in [5.74, 6) is 0.488. The number of rotatable bonds is 3. The van der Waals surface area contributed by atoms with E-state index in [1.165, 1.54) is 4.57 Å². The molecule has 2 atom stereocenters. The minimum Gasteiger partial charge on any atom is -0.390 e. The van der Waals surface area contributed by atoms with E-state index in [4.69, 9.17) is 16.3 Å². The average Bonchev–Trinajstić information content (AvgIpc) is 2.53. The number of aryl methyl sites for hydroxylation is 1. The van der Waals surface area contributed by atoms with Gasteiger partial charge in [-0.15, -0.1) is 0 Å². The zero-order valence-corrected chi connectivity index (χ0v) is 13.8. The lowest BCUT2D eigenvalue weighted by Gasteiger charge is -2.36. The number of anilines is 1. The van der Waals surface area contributed by atoms with E-state index < -0.39 is 6.10 Å². The van der Waals surface area contributed by atoms with E-state index in [2.05, 4.69) is 9.97 Å². The van der Waals surface area contributed by atoms with Gasteiger partial charge in [0.25, 0.3) is 0 Å². The number of piperidine rings is 1. The minimum absolute atomic E-state index is 0.311. The van der Waals surface area contributed by atoms with E-state index in [0.29, 0.717) is 48.1 Å². The summed E-state index contributed by atoms with van der Waals surface area (Å²) in [7, 11) is 1.65. The van der Waals surface area contributed by atoms with Crippen LogP contribution >= 0.6 is 11.6 Å². The van der Waals surface area contributed by atoms with Crippen molar-refractivity contribution in [2.24, 2.45) is 7.05 Å². The first-order valence-corrected chi connectivity index (χ1v) is 7.97. The Hall–Kier alpha value is -1.70. The monoisotopic (exact) mass is 338 g/mol. The summed E-state index contributed by atoms with van der Waals surface area (Å²) in [6, 6.07) is 3.41. The van der Waals surface area contributed by atoms with Crippen molar-refractivity contribution in [1.82, 2.24) is 14.5 Å². The fraction of sp³-hybridized carbons (Fsp3) is 0.533. The molecule has 0 saturated carbocycles. The van der Waals surface area contributed by atoms with Gasteiger partial charge in [0.05, 0.1) is 11.6 Å². The highest BCUT2D eigenvalue weighted by Crippen LogP contribution is 2.26. The maximum Gasteiger partial charge on any atom is 0.349 e. The summed E-state index contributed by atoms with van der Waals surface area (Å²) in [5.41, 5.74) is 0.894. The highest BCUT2D eigenvalue weighted by Gasteiger charge is 2.30. The molecule has 1 aliphatic heterocycles. The number of pyridine rings is 1. The molecule has 8 heteroatoms. The molecule has 3 heterocycles. The molecule has 0 unspecified atom stereocenters. The molecule has 1 aliphatic rings. The Labute approximate surface area is 138 Å². The van der Waals surface area contributed by atoms with Crippen molar-refractivity contribution in [2.45, 2.75) is 25.6 Å². The quantitative estimate of drug-likeness (QED) is 0.840. The normalized spacial score (nSPS) is 21.8. The molecule has 3 rings (SSSR count). The number of ether oxygens (including phenoxy) is 1. The molecule has 23 heavy (non-hydrogen) atoms. The van der Waals surface area contributed by atoms with Crippen LogP contribution in [0.4, 0.5) is 5.82 Å². The van der Waals surface area contributed by atoms with Gasteiger partial charge in [0.1, 0.15) is 16.8 Å². The SMILES string of the molecule is CCO[C@@H]1CN(c2nc(=O)n(C)c3ccc(Cl)nc23)CC[C@@H]1O. The van der Waals surface area contributed by atoms with E-state index >= 15 is 0 Å². The third-order valence-electron chi connectivity index (χ3n) is 4.11. The van der Waals surface area contributed by atoms with Crippen LogP contribution in [0.15, 0.2) is 16.9 Å². The minimum atomic E-state index is -0.513. The summed E-state index contributed by atoms with van der Waals surface area (Å²) in [5, 5.41) is 10.4. The number of nitrogens with zero attached hydrogens (tertiary/aromatic N) is 4. The molecule has 2 aromatic heterocycles. The second-order valence-electron chi connectivity index (χ2n) is 5.57. The topological polar surface area (TPSA) is 80.5 Å². The molecule has 0 aliphatic carbocycles. The largest absolute Gasteiger partial charge is 0.390 e. The van der Waals surface area contributed by atoms with Crippen molar-refractivity contribution < 1.29 is 9.84 Å². The number of halogens is 1. The molecule has 2 aromatic rings. The van der Waals surface area contributed by atoms with Gasteiger partial charge < -0.3 is 14.7 Å². The number of hydrogen-bond donors (Lipinski definition) is 1. The number of aliphatic hydroxyl groups is 1. The van der Waals surface area contributed by atoms with Gasteiger partial charge in [-0.2, -0.15) is 4.98 Å². The molecule has 124 valence electrons. The van der Waals surface area contributed by atoms with Crippen LogP contribution in [0.25, 0.3) is 11.0 Å². The molecule has 0 amide bonds. The molecule has 1 saturated heterocycles. The Morgan fingerprint density at radius 1 is 1.43 bits per heavy atom. The second kappa shape index (κ2) is 6.43. The molecular weight excluding hydrogens is 320 g/mol. The standard InChI is InChI=1S/C15H19ClN4O3/c1-3-23-11-8-20(7-6-10(11)21)14-13-9(4-5-12(16)17-13)19(2)15(22)18-14/h4-5,10-11,21H,3,6-8H2,1-2H3/t10-,11+/m0/s1. The maximum atomic E-state index is 12.1. The Kier molecular flexibility index (Phi) is 4.52. The fourth-order valence-electron chi connectivity index (χ4n) is 2.88. The number of fused-ring (bicyclic) bond motifs is 1. The average molecular weight is 339 g/mol. The van der Waals surface area contributed by atoms with Crippen LogP contribution in [0.2, 0.25) is 5.15 Å². The summed E-state index contributed by atoms with van der Waals surface area (Å²) >= 11 is 6.01. The van der Waals surface area contributed by atoms with E-state index in [-0.39, 0.29) is 11.8 Å². The molecule has 0 aromatic carbocycles. The van der Waals surface area contributed by atoms with Gasteiger partial charge in [0, 0.05) is 26.7 Å². The van der Waals surface area contributed by atoms with Crippen molar-refractivity contribution in [1.29, 1.82) is 0 Å². The van der Waals surface area contributed by atoms with Crippen LogP contribution in [0, 0.1) is 0 Å². The van der Waals surface area contributed by atoms with Crippen molar-refractivity contribution in [2.75, 3.05) is 24.6 Å². The van der Waals surface area contributed by atoms with Gasteiger partial charge in [-0.1, -0.05) is 11.6 Å². The highest BCUT2D eigenvalue weighted by atomic mass is 35.5. The summed E-state index contributed by atoms with van der Waals surface area (Å²) in [6.07, 6.45) is -0.279. The first kappa shape index (κ1) is 16.2. The lowest BCUT2D eigenvalue weighted by molar-refractivity contribution is -0.0399. The van der Waals surface area contributed by atoms with Crippen LogP contribution in [-0.2, 0) is 11.8 Å². The van der Waals surface area contributed by atoms with Crippen molar-refractivity contribution in [3.63, 3.8) is 0 Å². The van der Waals surface area contributed by atoms with Crippen LogP contribution in [0.1, 0.15) is 13.3 Å².